The maximum atomic E-state index is 2.45. The molecule has 0 aliphatic heterocycles. The molecular weight excluding hydrogens is 496 g/mol. The van der Waals surface area contributed by atoms with Crippen molar-refractivity contribution >= 4 is 38.9 Å². The highest BCUT2D eigenvalue weighted by Crippen LogP contribution is 2.52. The van der Waals surface area contributed by atoms with E-state index in [0.717, 1.165) is 11.4 Å². The van der Waals surface area contributed by atoms with Crippen molar-refractivity contribution in [1.29, 1.82) is 0 Å². The van der Waals surface area contributed by atoms with E-state index < -0.39 is 0 Å². The Bertz CT molecular complexity index is 2010. The third-order valence-electron chi connectivity index (χ3n) is 8.75. The van der Waals surface area contributed by atoms with Crippen LogP contribution in [-0.4, -0.2) is 4.57 Å². The Kier molecular flexibility index (Phi) is 5.20. The van der Waals surface area contributed by atoms with Gasteiger partial charge in [-0.15, -0.1) is 0 Å². The summed E-state index contributed by atoms with van der Waals surface area (Å²) in [5.41, 5.74) is 12.4. The Morgan fingerprint density at radius 2 is 1.05 bits per heavy atom. The molecule has 0 atom stereocenters. The largest absolute Gasteiger partial charge is 0.310 e. The normalized spacial score (nSPS) is 13.3. The van der Waals surface area contributed by atoms with Crippen LogP contribution >= 0.6 is 0 Å². The van der Waals surface area contributed by atoms with Gasteiger partial charge in [0.15, 0.2) is 0 Å². The molecule has 1 aromatic heterocycles. The van der Waals surface area contributed by atoms with Crippen molar-refractivity contribution in [2.45, 2.75) is 19.3 Å². The molecule has 0 saturated carbocycles. The molecule has 7 aromatic rings. The fourth-order valence-corrected chi connectivity index (χ4v) is 6.78. The fraction of sp³-hybridized carbons (Fsp3) is 0.0769. The molecule has 0 spiro atoms. The van der Waals surface area contributed by atoms with Crippen molar-refractivity contribution in [3.8, 4) is 16.8 Å². The average Bonchev–Trinajstić information content (AvgIpc) is 3.46. The van der Waals surface area contributed by atoms with Crippen LogP contribution in [-0.2, 0) is 5.41 Å². The molecule has 196 valence electrons. The lowest BCUT2D eigenvalue weighted by atomic mass is 9.82. The summed E-state index contributed by atoms with van der Waals surface area (Å²) in [6, 6.07) is 52.7. The van der Waals surface area contributed by atoms with Gasteiger partial charge in [0.2, 0.25) is 0 Å². The van der Waals surface area contributed by atoms with Crippen LogP contribution in [0.25, 0.3) is 38.6 Å². The maximum Gasteiger partial charge on any atom is 0.0544 e. The Labute approximate surface area is 240 Å². The lowest BCUT2D eigenvalue weighted by Gasteiger charge is -2.28. The van der Waals surface area contributed by atoms with Crippen LogP contribution < -0.4 is 4.90 Å². The second kappa shape index (κ2) is 8.97. The highest BCUT2D eigenvalue weighted by Gasteiger charge is 2.37. The van der Waals surface area contributed by atoms with Gasteiger partial charge < -0.3 is 9.47 Å². The van der Waals surface area contributed by atoms with Gasteiger partial charge >= 0.3 is 0 Å². The zero-order chi connectivity index (χ0) is 27.6. The van der Waals surface area contributed by atoms with E-state index in [1.807, 2.05) is 0 Å². The number of aromatic nitrogens is 1. The van der Waals surface area contributed by atoms with E-state index in [0.29, 0.717) is 0 Å². The number of fused-ring (bicyclic) bond motifs is 6. The monoisotopic (exact) mass is 526 g/mol. The van der Waals surface area contributed by atoms with Gasteiger partial charge in [-0.1, -0.05) is 92.7 Å². The predicted molar refractivity (Wildman–Crippen MR) is 173 cm³/mol. The molecule has 0 unspecified atom stereocenters. The predicted octanol–water partition coefficient (Wildman–Crippen LogP) is 10.6. The first kappa shape index (κ1) is 23.8. The van der Waals surface area contributed by atoms with Gasteiger partial charge in [0.1, 0.15) is 0 Å². The summed E-state index contributed by atoms with van der Waals surface area (Å²) in [5, 5.41) is 2.59. The van der Waals surface area contributed by atoms with Gasteiger partial charge in [-0.05, 0) is 89.0 Å². The van der Waals surface area contributed by atoms with Crippen molar-refractivity contribution in [2.75, 3.05) is 4.90 Å². The molecule has 0 N–H and O–H groups in total. The van der Waals surface area contributed by atoms with E-state index >= 15 is 0 Å². The van der Waals surface area contributed by atoms with Crippen LogP contribution in [0.4, 0.5) is 17.1 Å². The zero-order valence-electron chi connectivity index (χ0n) is 23.3. The number of benzene rings is 6. The van der Waals surface area contributed by atoms with Crippen molar-refractivity contribution in [1.82, 2.24) is 4.57 Å². The van der Waals surface area contributed by atoms with Crippen molar-refractivity contribution in [2.24, 2.45) is 0 Å². The summed E-state index contributed by atoms with van der Waals surface area (Å²) >= 11 is 0. The lowest BCUT2D eigenvalue weighted by Crippen LogP contribution is -2.16. The molecule has 1 heterocycles. The summed E-state index contributed by atoms with van der Waals surface area (Å²) in [6.45, 7) is 4.75. The summed E-state index contributed by atoms with van der Waals surface area (Å²) in [4.78, 5) is 2.35. The minimum Gasteiger partial charge on any atom is -0.310 e. The zero-order valence-corrected chi connectivity index (χ0v) is 23.3. The molecule has 0 fully saturated rings. The molecule has 6 aromatic carbocycles. The van der Waals surface area contributed by atoms with Gasteiger partial charge in [0.05, 0.1) is 11.0 Å². The molecule has 0 amide bonds. The van der Waals surface area contributed by atoms with E-state index in [1.54, 1.807) is 0 Å². The molecule has 8 rings (SSSR count). The number of anilines is 3. The van der Waals surface area contributed by atoms with Gasteiger partial charge in [0, 0.05) is 38.9 Å². The Morgan fingerprint density at radius 3 is 1.73 bits per heavy atom. The summed E-state index contributed by atoms with van der Waals surface area (Å²) in [6.07, 6.45) is 0. The Morgan fingerprint density at radius 1 is 0.463 bits per heavy atom. The third-order valence-corrected chi connectivity index (χ3v) is 8.75. The van der Waals surface area contributed by atoms with Crippen LogP contribution in [0, 0.1) is 0 Å². The number of para-hydroxylation sites is 4. The van der Waals surface area contributed by atoms with Crippen molar-refractivity contribution in [3.05, 3.63) is 157 Å². The average molecular weight is 527 g/mol. The second-order valence-electron chi connectivity index (χ2n) is 11.5. The quantitative estimate of drug-likeness (QED) is 0.221. The summed E-state index contributed by atoms with van der Waals surface area (Å²) < 4.78 is 2.42. The minimum atomic E-state index is -0.147. The molecule has 2 nitrogen and oxygen atoms in total. The number of hydrogen-bond acceptors (Lipinski definition) is 1. The molecule has 2 heteroatoms. The highest BCUT2D eigenvalue weighted by atomic mass is 15.1. The minimum absolute atomic E-state index is 0.147. The molecule has 0 bridgehead atoms. The lowest BCUT2D eigenvalue weighted by molar-refractivity contribution is 0.661. The van der Waals surface area contributed by atoms with E-state index in [2.05, 4.69) is 169 Å². The third kappa shape index (κ3) is 3.57. The number of rotatable bonds is 4. The van der Waals surface area contributed by atoms with E-state index in [4.69, 9.17) is 0 Å². The molecule has 0 radical (unpaired) electrons. The van der Waals surface area contributed by atoms with E-state index in [1.165, 1.54) is 55.4 Å². The maximum absolute atomic E-state index is 2.45. The van der Waals surface area contributed by atoms with Gasteiger partial charge in [0.25, 0.3) is 0 Å². The van der Waals surface area contributed by atoms with Gasteiger partial charge in [-0.2, -0.15) is 0 Å². The SMILES string of the molecule is CC1(C)c2cc(N(c3ccccc3)c3ccccc3)ccc2-c2cc3c4ccccc4n(-c4ccccc4)c3cc21. The first-order valence-corrected chi connectivity index (χ1v) is 14.3. The first-order valence-electron chi connectivity index (χ1n) is 14.3. The Balaban J connectivity index is 1.35. The molecule has 1 aliphatic carbocycles. The molecule has 0 saturated heterocycles. The van der Waals surface area contributed by atoms with Crippen LogP contribution in [0.5, 0.6) is 0 Å². The van der Waals surface area contributed by atoms with Crippen LogP contribution in [0.1, 0.15) is 25.0 Å². The molecule has 1 aliphatic rings. The van der Waals surface area contributed by atoms with Crippen molar-refractivity contribution < 1.29 is 0 Å². The van der Waals surface area contributed by atoms with Crippen LogP contribution in [0.3, 0.4) is 0 Å². The van der Waals surface area contributed by atoms with Crippen LogP contribution in [0.15, 0.2) is 146 Å². The Hall–Kier alpha value is -5.08. The smallest absolute Gasteiger partial charge is 0.0544 e. The van der Waals surface area contributed by atoms with E-state index in [9.17, 15) is 0 Å². The van der Waals surface area contributed by atoms with Gasteiger partial charge in [-0.3, -0.25) is 0 Å². The number of hydrogen-bond donors (Lipinski definition) is 0. The van der Waals surface area contributed by atoms with Crippen LogP contribution in [0.2, 0.25) is 0 Å². The topological polar surface area (TPSA) is 8.17 Å². The summed E-state index contributed by atoms with van der Waals surface area (Å²) in [5.74, 6) is 0. The molecule has 41 heavy (non-hydrogen) atoms. The summed E-state index contributed by atoms with van der Waals surface area (Å²) in [7, 11) is 0. The standard InChI is InChI=1S/C39H30N2/c1-39(2)35-24-30(40(27-14-6-3-7-15-27)28-16-8-4-9-17-28)22-23-31(35)33-25-34-32-20-12-13-21-37(32)41(38(34)26-36(33)39)29-18-10-5-11-19-29/h3-26H,1-2H3. The fourth-order valence-electron chi connectivity index (χ4n) is 6.78. The second-order valence-corrected chi connectivity index (χ2v) is 11.5. The number of nitrogens with zero attached hydrogens (tertiary/aromatic N) is 2. The van der Waals surface area contributed by atoms with Crippen molar-refractivity contribution in [3.63, 3.8) is 0 Å². The highest BCUT2D eigenvalue weighted by molar-refractivity contribution is 6.11. The van der Waals surface area contributed by atoms with Gasteiger partial charge in [-0.25, -0.2) is 0 Å². The molecular formula is C39H30N2. The first-order chi connectivity index (χ1) is 20.1. The van der Waals surface area contributed by atoms with E-state index in [-0.39, 0.29) is 5.41 Å².